The van der Waals surface area contributed by atoms with Crippen molar-refractivity contribution in [2.45, 2.75) is 24.4 Å². The summed E-state index contributed by atoms with van der Waals surface area (Å²) in [4.78, 5) is 19.7. The normalized spacial score (nSPS) is 16.2. The number of anilines is 1. The Kier molecular flexibility index (Phi) is 5.17. The number of nitrogens with one attached hydrogen (secondary N) is 1. The maximum atomic E-state index is 14.0. The molecule has 0 saturated heterocycles. The van der Waals surface area contributed by atoms with Gasteiger partial charge in [-0.3, -0.25) is 9.78 Å². The standard InChI is InChI=1S/C19H16F4N4O/c20-14-4-2-1-3-12(14)18(7-8-18)17(28)27-16(24)6-10-26-15-5-9-25-11-13(15)19(21,22)23/h1-6,9-11H,7-8H2,(H,25,26)(H2,24,27,28)/b10-6-. The Bertz CT molecular complexity index is 949. The van der Waals surface area contributed by atoms with Gasteiger partial charge in [0.25, 0.3) is 5.91 Å². The number of pyridine rings is 1. The van der Waals surface area contributed by atoms with E-state index in [2.05, 4.69) is 15.3 Å². The van der Waals surface area contributed by atoms with Crippen LogP contribution in [0.3, 0.4) is 0 Å². The number of carbonyl (C=O) groups excluding carboxylic acids is 1. The first-order chi connectivity index (χ1) is 13.2. The molecule has 1 saturated carbocycles. The molecule has 0 unspecified atom stereocenters. The molecule has 0 atom stereocenters. The number of aliphatic imine (C=N–C) groups is 1. The molecule has 1 amide bonds. The molecule has 1 aromatic heterocycles. The van der Waals surface area contributed by atoms with Crippen LogP contribution >= 0.6 is 0 Å². The van der Waals surface area contributed by atoms with E-state index in [-0.39, 0.29) is 17.1 Å². The first kappa shape index (κ1) is 19.5. The Morgan fingerprint density at radius 3 is 2.61 bits per heavy atom. The first-order valence-corrected chi connectivity index (χ1v) is 8.32. The molecule has 5 nitrogen and oxygen atoms in total. The van der Waals surface area contributed by atoms with Crippen molar-refractivity contribution in [3.05, 3.63) is 71.9 Å². The summed E-state index contributed by atoms with van der Waals surface area (Å²) < 4.78 is 52.7. The Morgan fingerprint density at radius 1 is 1.25 bits per heavy atom. The molecule has 0 bridgehead atoms. The summed E-state index contributed by atoms with van der Waals surface area (Å²) in [5.74, 6) is -1.28. The Balaban J connectivity index is 1.72. The molecular weight excluding hydrogens is 376 g/mol. The van der Waals surface area contributed by atoms with Crippen molar-refractivity contribution in [1.82, 2.24) is 4.98 Å². The van der Waals surface area contributed by atoms with Crippen LogP contribution in [0.25, 0.3) is 0 Å². The molecule has 0 aliphatic heterocycles. The summed E-state index contributed by atoms with van der Waals surface area (Å²) in [6, 6.07) is 7.12. The second-order valence-electron chi connectivity index (χ2n) is 6.30. The fraction of sp³-hybridized carbons (Fsp3) is 0.211. The van der Waals surface area contributed by atoms with Crippen molar-refractivity contribution >= 4 is 17.4 Å². The lowest BCUT2D eigenvalue weighted by Crippen LogP contribution is -2.23. The summed E-state index contributed by atoms with van der Waals surface area (Å²) in [7, 11) is 0. The van der Waals surface area contributed by atoms with E-state index in [9.17, 15) is 22.4 Å². The van der Waals surface area contributed by atoms with Crippen LogP contribution in [-0.2, 0) is 16.4 Å². The molecule has 9 heteroatoms. The number of nitrogens with zero attached hydrogens (tertiary/aromatic N) is 2. The number of halogens is 4. The molecule has 1 fully saturated rings. The highest BCUT2D eigenvalue weighted by atomic mass is 19.4. The number of carbonyl (C=O) groups is 1. The summed E-state index contributed by atoms with van der Waals surface area (Å²) >= 11 is 0. The molecule has 1 aromatic carbocycles. The third-order valence-electron chi connectivity index (χ3n) is 4.40. The predicted molar refractivity (Wildman–Crippen MR) is 95.9 cm³/mol. The van der Waals surface area contributed by atoms with E-state index in [1.807, 2.05) is 0 Å². The van der Waals surface area contributed by atoms with E-state index in [0.717, 1.165) is 18.3 Å². The molecule has 3 rings (SSSR count). The SMILES string of the molecule is NC(/C=C\Nc1ccncc1C(F)(F)F)=NC(=O)C1(c2ccccc2F)CC1. The molecule has 1 aliphatic rings. The van der Waals surface area contributed by atoms with Gasteiger partial charge in [-0.15, -0.1) is 0 Å². The zero-order chi connectivity index (χ0) is 20.4. The topological polar surface area (TPSA) is 80.4 Å². The number of rotatable bonds is 5. The van der Waals surface area contributed by atoms with Crippen molar-refractivity contribution in [2.75, 3.05) is 5.32 Å². The van der Waals surface area contributed by atoms with Crippen LogP contribution in [-0.4, -0.2) is 16.7 Å². The van der Waals surface area contributed by atoms with Crippen LogP contribution < -0.4 is 11.1 Å². The van der Waals surface area contributed by atoms with Crippen molar-refractivity contribution < 1.29 is 22.4 Å². The van der Waals surface area contributed by atoms with Crippen molar-refractivity contribution in [3.8, 4) is 0 Å². The fourth-order valence-corrected chi connectivity index (χ4v) is 2.80. The number of hydrogen-bond acceptors (Lipinski definition) is 3. The summed E-state index contributed by atoms with van der Waals surface area (Å²) in [5, 5.41) is 2.45. The average Bonchev–Trinajstić information content (AvgIpc) is 3.43. The Morgan fingerprint density at radius 2 is 1.96 bits per heavy atom. The minimum Gasteiger partial charge on any atom is -0.384 e. The molecule has 3 N–H and O–H groups in total. The summed E-state index contributed by atoms with van der Waals surface area (Å²) in [5.41, 5.74) is 3.76. The first-order valence-electron chi connectivity index (χ1n) is 8.32. The van der Waals surface area contributed by atoms with Gasteiger partial charge in [-0.05, 0) is 31.1 Å². The number of aromatic nitrogens is 1. The van der Waals surface area contributed by atoms with Gasteiger partial charge in [0.15, 0.2) is 0 Å². The Hall–Kier alpha value is -3.23. The summed E-state index contributed by atoms with van der Waals surface area (Å²) in [6.45, 7) is 0. The van der Waals surface area contributed by atoms with Crippen LogP contribution in [0.4, 0.5) is 23.2 Å². The van der Waals surface area contributed by atoms with Crippen LogP contribution in [0.2, 0.25) is 0 Å². The summed E-state index contributed by atoms with van der Waals surface area (Å²) in [6.07, 6.45) is 0.544. The molecule has 1 heterocycles. The van der Waals surface area contributed by atoms with Crippen LogP contribution in [0, 0.1) is 5.82 Å². The van der Waals surface area contributed by atoms with E-state index in [0.29, 0.717) is 19.0 Å². The van der Waals surface area contributed by atoms with Crippen molar-refractivity contribution in [3.63, 3.8) is 0 Å². The smallest absolute Gasteiger partial charge is 0.384 e. The van der Waals surface area contributed by atoms with Gasteiger partial charge in [0.2, 0.25) is 0 Å². The lowest BCUT2D eigenvalue weighted by molar-refractivity contribution is -0.137. The van der Waals surface area contributed by atoms with Gasteiger partial charge < -0.3 is 11.1 Å². The van der Waals surface area contributed by atoms with Crippen molar-refractivity contribution in [1.29, 1.82) is 0 Å². The molecule has 0 spiro atoms. The third-order valence-corrected chi connectivity index (χ3v) is 4.40. The minimum absolute atomic E-state index is 0.206. The van der Waals surface area contributed by atoms with Crippen LogP contribution in [0.15, 0.2) is 60.0 Å². The number of nitrogens with two attached hydrogens (primary N) is 1. The maximum absolute atomic E-state index is 14.0. The van der Waals surface area contributed by atoms with E-state index in [4.69, 9.17) is 5.73 Å². The van der Waals surface area contributed by atoms with E-state index in [1.165, 1.54) is 24.4 Å². The minimum atomic E-state index is -4.57. The third kappa shape index (κ3) is 4.03. The van der Waals surface area contributed by atoms with Crippen LogP contribution in [0.1, 0.15) is 24.0 Å². The number of benzene rings is 1. The van der Waals surface area contributed by atoms with E-state index >= 15 is 0 Å². The Labute approximate surface area is 158 Å². The number of amides is 1. The molecule has 2 aromatic rings. The van der Waals surface area contributed by atoms with Gasteiger partial charge >= 0.3 is 6.18 Å². The average molecular weight is 392 g/mol. The largest absolute Gasteiger partial charge is 0.419 e. The zero-order valence-corrected chi connectivity index (χ0v) is 14.5. The molecule has 28 heavy (non-hydrogen) atoms. The van der Waals surface area contributed by atoms with E-state index in [1.54, 1.807) is 6.07 Å². The van der Waals surface area contributed by atoms with Crippen LogP contribution in [0.5, 0.6) is 0 Å². The van der Waals surface area contributed by atoms with Crippen molar-refractivity contribution in [2.24, 2.45) is 10.7 Å². The lowest BCUT2D eigenvalue weighted by atomic mass is 9.94. The molecule has 0 radical (unpaired) electrons. The highest BCUT2D eigenvalue weighted by molar-refractivity contribution is 6.04. The molecular formula is C19H16F4N4O. The zero-order valence-electron chi connectivity index (χ0n) is 14.5. The molecule has 146 valence electrons. The van der Waals surface area contributed by atoms with Gasteiger partial charge in [-0.25, -0.2) is 4.39 Å². The van der Waals surface area contributed by atoms with Gasteiger partial charge in [0.05, 0.1) is 16.7 Å². The highest BCUT2D eigenvalue weighted by Crippen LogP contribution is 2.50. The number of hydrogen-bond donors (Lipinski definition) is 2. The van der Waals surface area contributed by atoms with Gasteiger partial charge in [0, 0.05) is 24.2 Å². The second kappa shape index (κ2) is 7.41. The number of alkyl halides is 3. The quantitative estimate of drug-likeness (QED) is 0.461. The van der Waals surface area contributed by atoms with Gasteiger partial charge in [0.1, 0.15) is 11.7 Å². The predicted octanol–water partition coefficient (Wildman–Crippen LogP) is 3.78. The fourth-order valence-electron chi connectivity index (χ4n) is 2.80. The highest BCUT2D eigenvalue weighted by Gasteiger charge is 2.52. The second-order valence-corrected chi connectivity index (χ2v) is 6.30. The number of amidine groups is 1. The monoisotopic (exact) mass is 392 g/mol. The van der Waals surface area contributed by atoms with Gasteiger partial charge in [-0.1, -0.05) is 18.2 Å². The van der Waals surface area contributed by atoms with E-state index < -0.39 is 28.9 Å². The maximum Gasteiger partial charge on any atom is 0.419 e. The lowest BCUT2D eigenvalue weighted by Gasteiger charge is -2.12. The molecule has 1 aliphatic carbocycles. The van der Waals surface area contributed by atoms with Gasteiger partial charge in [-0.2, -0.15) is 18.2 Å².